The van der Waals surface area contributed by atoms with Crippen molar-refractivity contribution in [3.05, 3.63) is 64.7 Å². The molecule has 2 aromatic heterocycles. The van der Waals surface area contributed by atoms with E-state index in [0.717, 1.165) is 21.4 Å². The summed E-state index contributed by atoms with van der Waals surface area (Å²) in [6, 6.07) is 11.2. The van der Waals surface area contributed by atoms with Crippen LogP contribution in [0.5, 0.6) is 5.75 Å². The highest BCUT2D eigenvalue weighted by Gasteiger charge is 2.06. The Bertz CT molecular complexity index is 706. The molecule has 0 saturated carbocycles. The molecule has 0 fully saturated rings. The number of benzene rings is 1. The number of rotatable bonds is 2. The molecule has 0 amide bonds. The monoisotopic (exact) mass is 302 g/mol. The number of phenolic OH excluding ortho intramolecular Hbond substituents is 1. The number of nitrogens with zero attached hydrogens (tertiary/aromatic N) is 2. The molecule has 1 aromatic carbocycles. The topological polar surface area (TPSA) is 37.5 Å². The van der Waals surface area contributed by atoms with Crippen molar-refractivity contribution < 1.29 is 5.11 Å². The second kappa shape index (κ2) is 4.46. The van der Waals surface area contributed by atoms with Gasteiger partial charge in [-0.25, -0.2) is 4.98 Å². The van der Waals surface area contributed by atoms with Crippen LogP contribution >= 0.6 is 15.9 Å². The minimum absolute atomic E-state index is 0.287. The predicted molar refractivity (Wildman–Crippen MR) is 73.8 cm³/mol. The minimum atomic E-state index is 0.287. The van der Waals surface area contributed by atoms with Crippen LogP contribution in [0.3, 0.4) is 0 Å². The molecule has 2 heterocycles. The number of hydrogen-bond donors (Lipinski definition) is 1. The van der Waals surface area contributed by atoms with Gasteiger partial charge >= 0.3 is 0 Å². The summed E-state index contributed by atoms with van der Waals surface area (Å²) in [5, 5.41) is 9.46. The van der Waals surface area contributed by atoms with Gasteiger partial charge in [0.15, 0.2) is 0 Å². The molecule has 18 heavy (non-hydrogen) atoms. The Balaban J connectivity index is 2.03. The maximum absolute atomic E-state index is 9.46. The first-order valence-corrected chi connectivity index (χ1v) is 6.42. The summed E-state index contributed by atoms with van der Waals surface area (Å²) < 4.78 is 3.08. The Morgan fingerprint density at radius 2 is 2.11 bits per heavy atom. The van der Waals surface area contributed by atoms with Crippen molar-refractivity contribution in [1.82, 2.24) is 9.38 Å². The zero-order valence-electron chi connectivity index (χ0n) is 9.55. The second-order valence-electron chi connectivity index (χ2n) is 4.13. The number of pyridine rings is 1. The standard InChI is InChI=1S/C14H11BrN2O/c15-12-5-2-6-17-13(12)9-16-14(17)8-10-3-1-4-11(18)7-10/h1-7,9,18H,8H2. The number of fused-ring (bicyclic) bond motifs is 1. The molecule has 3 aromatic rings. The number of aromatic nitrogens is 2. The molecular weight excluding hydrogens is 292 g/mol. The molecule has 0 bridgehead atoms. The van der Waals surface area contributed by atoms with Crippen LogP contribution in [0.15, 0.2) is 53.3 Å². The number of hydrogen-bond acceptors (Lipinski definition) is 2. The molecule has 3 rings (SSSR count). The Morgan fingerprint density at radius 3 is 2.94 bits per heavy atom. The molecule has 4 heteroatoms. The van der Waals surface area contributed by atoms with Gasteiger partial charge < -0.3 is 9.51 Å². The maximum atomic E-state index is 9.46. The highest BCUT2D eigenvalue weighted by Crippen LogP contribution is 2.20. The van der Waals surface area contributed by atoms with Crippen molar-refractivity contribution in [1.29, 1.82) is 0 Å². The molecule has 0 saturated heterocycles. The van der Waals surface area contributed by atoms with E-state index in [2.05, 4.69) is 20.9 Å². The van der Waals surface area contributed by atoms with E-state index in [1.165, 1.54) is 0 Å². The SMILES string of the molecule is Oc1cccc(Cc2ncc3c(Br)cccn23)c1. The molecule has 0 unspecified atom stereocenters. The van der Waals surface area contributed by atoms with Gasteiger partial charge in [-0.05, 0) is 45.8 Å². The third-order valence-electron chi connectivity index (χ3n) is 2.87. The van der Waals surface area contributed by atoms with Crippen LogP contribution in [0, 0.1) is 0 Å². The maximum Gasteiger partial charge on any atom is 0.117 e. The van der Waals surface area contributed by atoms with Crippen molar-refractivity contribution in [2.45, 2.75) is 6.42 Å². The van der Waals surface area contributed by atoms with Gasteiger partial charge in [0.05, 0.1) is 11.7 Å². The Hall–Kier alpha value is -1.81. The van der Waals surface area contributed by atoms with Crippen LogP contribution in [0.1, 0.15) is 11.4 Å². The van der Waals surface area contributed by atoms with Gasteiger partial charge in [0.1, 0.15) is 11.6 Å². The summed E-state index contributed by atoms with van der Waals surface area (Å²) >= 11 is 3.51. The number of phenols is 1. The average molecular weight is 303 g/mol. The van der Waals surface area contributed by atoms with E-state index < -0.39 is 0 Å². The van der Waals surface area contributed by atoms with E-state index in [9.17, 15) is 5.11 Å². The molecule has 0 spiro atoms. The predicted octanol–water partition coefficient (Wildman–Crippen LogP) is 3.39. The Morgan fingerprint density at radius 1 is 1.22 bits per heavy atom. The molecule has 90 valence electrons. The van der Waals surface area contributed by atoms with E-state index in [1.807, 2.05) is 41.1 Å². The van der Waals surface area contributed by atoms with E-state index in [1.54, 1.807) is 12.1 Å². The van der Waals surface area contributed by atoms with Crippen molar-refractivity contribution in [3.8, 4) is 5.75 Å². The highest BCUT2D eigenvalue weighted by atomic mass is 79.9. The lowest BCUT2D eigenvalue weighted by Gasteiger charge is -2.03. The van der Waals surface area contributed by atoms with Gasteiger partial charge in [0, 0.05) is 17.1 Å². The number of imidazole rings is 1. The molecule has 0 aliphatic heterocycles. The fraction of sp³-hybridized carbons (Fsp3) is 0.0714. The smallest absolute Gasteiger partial charge is 0.117 e. The Labute approximate surface area is 113 Å². The van der Waals surface area contributed by atoms with Crippen molar-refractivity contribution >= 4 is 21.4 Å². The molecule has 0 aliphatic carbocycles. The molecule has 1 N–H and O–H groups in total. The lowest BCUT2D eigenvalue weighted by Crippen LogP contribution is -1.96. The van der Waals surface area contributed by atoms with Gasteiger partial charge in [-0.2, -0.15) is 0 Å². The van der Waals surface area contributed by atoms with E-state index in [-0.39, 0.29) is 5.75 Å². The fourth-order valence-corrected chi connectivity index (χ4v) is 2.47. The molecule has 0 aliphatic rings. The molecule has 0 atom stereocenters. The number of halogens is 1. The molecule has 0 radical (unpaired) electrons. The van der Waals surface area contributed by atoms with E-state index >= 15 is 0 Å². The molecular formula is C14H11BrN2O. The summed E-state index contributed by atoms with van der Waals surface area (Å²) in [7, 11) is 0. The van der Waals surface area contributed by atoms with Gasteiger partial charge in [0.2, 0.25) is 0 Å². The highest BCUT2D eigenvalue weighted by molar-refractivity contribution is 9.10. The first kappa shape index (κ1) is 11.3. The molecule has 3 nitrogen and oxygen atoms in total. The third kappa shape index (κ3) is 1.99. The third-order valence-corrected chi connectivity index (χ3v) is 3.54. The fourth-order valence-electron chi connectivity index (χ4n) is 2.02. The van der Waals surface area contributed by atoms with Crippen LogP contribution in [0.2, 0.25) is 0 Å². The Kier molecular flexibility index (Phi) is 2.80. The second-order valence-corrected chi connectivity index (χ2v) is 4.99. The summed E-state index contributed by atoms with van der Waals surface area (Å²) in [4.78, 5) is 4.43. The zero-order valence-corrected chi connectivity index (χ0v) is 11.1. The van der Waals surface area contributed by atoms with E-state index in [4.69, 9.17) is 0 Å². The van der Waals surface area contributed by atoms with E-state index in [0.29, 0.717) is 6.42 Å². The van der Waals surface area contributed by atoms with Crippen LogP contribution < -0.4 is 0 Å². The summed E-state index contributed by atoms with van der Waals surface area (Å²) in [5.74, 6) is 1.24. The first-order valence-electron chi connectivity index (χ1n) is 5.62. The van der Waals surface area contributed by atoms with Gasteiger partial charge in [-0.1, -0.05) is 12.1 Å². The van der Waals surface area contributed by atoms with Crippen molar-refractivity contribution in [2.75, 3.05) is 0 Å². The summed E-state index contributed by atoms with van der Waals surface area (Å²) in [5.41, 5.74) is 2.09. The van der Waals surface area contributed by atoms with Gasteiger partial charge in [-0.15, -0.1) is 0 Å². The van der Waals surface area contributed by atoms with Crippen LogP contribution in [0.4, 0.5) is 0 Å². The summed E-state index contributed by atoms with van der Waals surface area (Å²) in [6.45, 7) is 0. The normalized spacial score (nSPS) is 10.9. The van der Waals surface area contributed by atoms with Crippen molar-refractivity contribution in [2.24, 2.45) is 0 Å². The number of aromatic hydroxyl groups is 1. The summed E-state index contributed by atoms with van der Waals surface area (Å²) in [6.07, 6.45) is 4.53. The van der Waals surface area contributed by atoms with Gasteiger partial charge in [-0.3, -0.25) is 0 Å². The average Bonchev–Trinajstić information content (AvgIpc) is 2.74. The van der Waals surface area contributed by atoms with Gasteiger partial charge in [0.25, 0.3) is 0 Å². The quantitative estimate of drug-likeness (QED) is 0.788. The van der Waals surface area contributed by atoms with Crippen LogP contribution in [-0.4, -0.2) is 14.5 Å². The largest absolute Gasteiger partial charge is 0.508 e. The minimum Gasteiger partial charge on any atom is -0.508 e. The zero-order chi connectivity index (χ0) is 12.5. The lowest BCUT2D eigenvalue weighted by molar-refractivity contribution is 0.474. The van der Waals surface area contributed by atoms with Crippen LogP contribution in [-0.2, 0) is 6.42 Å². The van der Waals surface area contributed by atoms with Crippen molar-refractivity contribution in [3.63, 3.8) is 0 Å². The lowest BCUT2D eigenvalue weighted by atomic mass is 10.1. The first-order chi connectivity index (χ1) is 8.74. The van der Waals surface area contributed by atoms with Crippen LogP contribution in [0.25, 0.3) is 5.52 Å².